The number of hydrogen-bond acceptors (Lipinski definition) is 3. The van der Waals surface area contributed by atoms with Crippen LogP contribution in [-0.4, -0.2) is 6.61 Å². The topological polar surface area (TPSA) is 45.0 Å². The van der Waals surface area contributed by atoms with Gasteiger partial charge >= 0.3 is 0 Å². The number of para-hydroxylation sites is 1. The molecule has 0 atom stereocenters. The van der Waals surface area contributed by atoms with Crippen molar-refractivity contribution >= 4 is 21.6 Å². The Balaban J connectivity index is 2.09. The fourth-order valence-electron chi connectivity index (χ4n) is 1.92. The summed E-state index contributed by atoms with van der Waals surface area (Å²) >= 11 is 3.45. The summed E-state index contributed by atoms with van der Waals surface area (Å²) in [6, 6.07) is 15.8. The molecule has 1 N–H and O–H groups in total. The van der Waals surface area contributed by atoms with Gasteiger partial charge in [-0.15, -0.1) is 0 Å². The Labute approximate surface area is 127 Å². The maximum atomic E-state index is 8.59. The molecule has 0 radical (unpaired) electrons. The Bertz CT molecular complexity index is 635. The highest BCUT2D eigenvalue weighted by molar-refractivity contribution is 9.10. The zero-order valence-corrected chi connectivity index (χ0v) is 12.8. The molecular formula is C16H15BrN2O. The highest BCUT2D eigenvalue weighted by atomic mass is 79.9. The van der Waals surface area contributed by atoms with E-state index in [0.29, 0.717) is 6.54 Å². The summed E-state index contributed by atoms with van der Waals surface area (Å²) in [5.41, 5.74) is 3.29. The average Bonchev–Trinajstić information content (AvgIpc) is 2.45. The van der Waals surface area contributed by atoms with Gasteiger partial charge in [-0.3, -0.25) is 0 Å². The molecule has 2 aromatic rings. The first-order chi connectivity index (χ1) is 9.70. The normalized spacial score (nSPS) is 9.85. The van der Waals surface area contributed by atoms with Crippen LogP contribution in [0.4, 0.5) is 5.69 Å². The minimum absolute atomic E-state index is 0.0638. The van der Waals surface area contributed by atoms with Crippen LogP contribution < -0.4 is 10.1 Å². The Morgan fingerprint density at radius 2 is 2.05 bits per heavy atom. The van der Waals surface area contributed by atoms with Gasteiger partial charge in [0.05, 0.1) is 0 Å². The van der Waals surface area contributed by atoms with E-state index in [1.807, 2.05) is 42.5 Å². The number of aryl methyl sites for hydroxylation is 1. The molecule has 0 aromatic heterocycles. The van der Waals surface area contributed by atoms with E-state index in [1.165, 1.54) is 5.56 Å². The first kappa shape index (κ1) is 14.4. The summed E-state index contributed by atoms with van der Waals surface area (Å²) in [7, 11) is 0. The quantitative estimate of drug-likeness (QED) is 0.890. The number of anilines is 1. The first-order valence-electron chi connectivity index (χ1n) is 6.28. The van der Waals surface area contributed by atoms with Crippen molar-refractivity contribution in [3.05, 3.63) is 58.1 Å². The molecule has 0 aliphatic rings. The van der Waals surface area contributed by atoms with Gasteiger partial charge in [0, 0.05) is 22.3 Å². The van der Waals surface area contributed by atoms with Gasteiger partial charge in [0.2, 0.25) is 0 Å². The SMILES string of the molecule is Cc1cc(Br)ccc1NCc1ccccc1OCC#N. The number of hydrogen-bond donors (Lipinski definition) is 1. The van der Waals surface area contributed by atoms with Gasteiger partial charge in [-0.25, -0.2) is 0 Å². The summed E-state index contributed by atoms with van der Waals surface area (Å²) in [4.78, 5) is 0. The Kier molecular flexibility index (Phi) is 5.03. The second-order valence-electron chi connectivity index (χ2n) is 4.37. The van der Waals surface area contributed by atoms with E-state index < -0.39 is 0 Å². The number of nitriles is 1. The third-order valence-corrected chi connectivity index (χ3v) is 3.42. The molecule has 102 valence electrons. The Hall–Kier alpha value is -1.99. The molecule has 0 aliphatic heterocycles. The highest BCUT2D eigenvalue weighted by Gasteiger charge is 2.04. The minimum Gasteiger partial charge on any atom is -0.478 e. The minimum atomic E-state index is 0.0638. The molecule has 2 aromatic carbocycles. The van der Waals surface area contributed by atoms with E-state index in [9.17, 15) is 0 Å². The first-order valence-corrected chi connectivity index (χ1v) is 7.07. The fraction of sp³-hybridized carbons (Fsp3) is 0.188. The molecule has 0 heterocycles. The number of ether oxygens (including phenoxy) is 1. The summed E-state index contributed by atoms with van der Waals surface area (Å²) in [5, 5.41) is 12.0. The van der Waals surface area contributed by atoms with Crippen LogP contribution in [0.5, 0.6) is 5.75 Å². The van der Waals surface area contributed by atoms with Crippen LogP contribution in [0.15, 0.2) is 46.9 Å². The van der Waals surface area contributed by atoms with Crippen molar-refractivity contribution in [1.29, 1.82) is 5.26 Å². The van der Waals surface area contributed by atoms with Crippen molar-refractivity contribution in [2.75, 3.05) is 11.9 Å². The van der Waals surface area contributed by atoms with Gasteiger partial charge < -0.3 is 10.1 Å². The van der Waals surface area contributed by atoms with Crippen LogP contribution in [-0.2, 0) is 6.54 Å². The third kappa shape index (κ3) is 3.75. The maximum Gasteiger partial charge on any atom is 0.174 e. The number of rotatable bonds is 5. The third-order valence-electron chi connectivity index (χ3n) is 2.92. The molecular weight excluding hydrogens is 316 g/mol. The standard InChI is InChI=1S/C16H15BrN2O/c1-12-10-14(17)6-7-15(12)19-11-13-4-2-3-5-16(13)20-9-8-18/h2-7,10,19H,9,11H2,1H3. The van der Waals surface area contributed by atoms with Crippen molar-refractivity contribution in [1.82, 2.24) is 0 Å². The van der Waals surface area contributed by atoms with E-state index in [2.05, 4.69) is 34.2 Å². The van der Waals surface area contributed by atoms with Gasteiger partial charge in [-0.05, 0) is 36.8 Å². The van der Waals surface area contributed by atoms with Crippen LogP contribution in [0.25, 0.3) is 0 Å². The van der Waals surface area contributed by atoms with Crippen molar-refractivity contribution < 1.29 is 4.74 Å². The summed E-state index contributed by atoms with van der Waals surface area (Å²) in [6.45, 7) is 2.78. The van der Waals surface area contributed by atoms with Crippen molar-refractivity contribution in [2.24, 2.45) is 0 Å². The van der Waals surface area contributed by atoms with Crippen molar-refractivity contribution in [2.45, 2.75) is 13.5 Å². The number of benzene rings is 2. The monoisotopic (exact) mass is 330 g/mol. The van der Waals surface area contributed by atoms with Crippen LogP contribution in [0.2, 0.25) is 0 Å². The largest absolute Gasteiger partial charge is 0.478 e. The lowest BCUT2D eigenvalue weighted by Crippen LogP contribution is -2.04. The highest BCUT2D eigenvalue weighted by Crippen LogP contribution is 2.23. The lowest BCUT2D eigenvalue weighted by atomic mass is 10.1. The molecule has 0 unspecified atom stereocenters. The summed E-state index contributed by atoms with van der Waals surface area (Å²) in [6.07, 6.45) is 0. The predicted octanol–water partition coefficient (Wildman–Crippen LogP) is 4.27. The maximum absolute atomic E-state index is 8.59. The van der Waals surface area contributed by atoms with E-state index in [0.717, 1.165) is 21.5 Å². The Morgan fingerprint density at radius 1 is 1.25 bits per heavy atom. The molecule has 0 amide bonds. The zero-order valence-electron chi connectivity index (χ0n) is 11.2. The second-order valence-corrected chi connectivity index (χ2v) is 5.28. The molecule has 0 bridgehead atoms. The molecule has 0 fully saturated rings. The van der Waals surface area contributed by atoms with E-state index >= 15 is 0 Å². The zero-order chi connectivity index (χ0) is 14.4. The van der Waals surface area contributed by atoms with Crippen molar-refractivity contribution in [3.8, 4) is 11.8 Å². The van der Waals surface area contributed by atoms with Gasteiger partial charge in [0.15, 0.2) is 6.61 Å². The van der Waals surface area contributed by atoms with Crippen LogP contribution in [0, 0.1) is 18.3 Å². The lowest BCUT2D eigenvalue weighted by molar-refractivity contribution is 0.364. The molecule has 20 heavy (non-hydrogen) atoms. The molecule has 0 saturated carbocycles. The predicted molar refractivity (Wildman–Crippen MR) is 83.8 cm³/mol. The number of halogens is 1. The summed E-state index contributed by atoms with van der Waals surface area (Å²) in [5.74, 6) is 0.747. The van der Waals surface area contributed by atoms with Gasteiger partial charge in [0.1, 0.15) is 11.8 Å². The molecule has 0 saturated heterocycles. The smallest absolute Gasteiger partial charge is 0.174 e. The number of nitrogens with one attached hydrogen (secondary N) is 1. The van der Waals surface area contributed by atoms with E-state index in [4.69, 9.17) is 10.00 Å². The average molecular weight is 331 g/mol. The Morgan fingerprint density at radius 3 is 2.80 bits per heavy atom. The fourth-order valence-corrected chi connectivity index (χ4v) is 2.39. The van der Waals surface area contributed by atoms with Crippen molar-refractivity contribution in [3.63, 3.8) is 0 Å². The molecule has 4 heteroatoms. The van der Waals surface area contributed by atoms with Gasteiger partial charge in [0.25, 0.3) is 0 Å². The molecule has 2 rings (SSSR count). The van der Waals surface area contributed by atoms with E-state index in [1.54, 1.807) is 0 Å². The van der Waals surface area contributed by atoms with Gasteiger partial charge in [-0.1, -0.05) is 34.1 Å². The van der Waals surface area contributed by atoms with Crippen LogP contribution in [0.1, 0.15) is 11.1 Å². The van der Waals surface area contributed by atoms with Crippen LogP contribution >= 0.6 is 15.9 Å². The number of nitrogens with zero attached hydrogens (tertiary/aromatic N) is 1. The van der Waals surface area contributed by atoms with Gasteiger partial charge in [-0.2, -0.15) is 5.26 Å². The summed E-state index contributed by atoms with van der Waals surface area (Å²) < 4.78 is 6.48. The molecule has 0 spiro atoms. The molecule has 3 nitrogen and oxygen atoms in total. The van der Waals surface area contributed by atoms with E-state index in [-0.39, 0.29) is 6.61 Å². The lowest BCUT2D eigenvalue weighted by Gasteiger charge is -2.13. The molecule has 0 aliphatic carbocycles. The second kappa shape index (κ2) is 6.97. The van der Waals surface area contributed by atoms with Crippen LogP contribution in [0.3, 0.4) is 0 Å².